The van der Waals surface area contributed by atoms with Crippen molar-refractivity contribution in [3.8, 4) is 5.75 Å². The van der Waals surface area contributed by atoms with Gasteiger partial charge in [0.05, 0.1) is 13.2 Å². The molecular formula is C18H21N3O4S. The maximum atomic E-state index is 12.6. The summed E-state index contributed by atoms with van der Waals surface area (Å²) >= 11 is 1.58. The van der Waals surface area contributed by atoms with E-state index in [4.69, 9.17) is 4.74 Å². The molecule has 0 saturated heterocycles. The van der Waals surface area contributed by atoms with Crippen LogP contribution in [0, 0.1) is 0 Å². The minimum absolute atomic E-state index is 0.273. The predicted octanol–water partition coefficient (Wildman–Crippen LogP) is 1.87. The third-order valence-corrected chi connectivity index (χ3v) is 5.15. The van der Waals surface area contributed by atoms with Crippen molar-refractivity contribution in [1.82, 2.24) is 14.9 Å². The highest BCUT2D eigenvalue weighted by Gasteiger charge is 2.34. The van der Waals surface area contributed by atoms with E-state index >= 15 is 0 Å². The highest BCUT2D eigenvalue weighted by atomic mass is 32.2. The van der Waals surface area contributed by atoms with Crippen LogP contribution < -0.4 is 10.9 Å². The van der Waals surface area contributed by atoms with Gasteiger partial charge in [-0.3, -0.25) is 14.2 Å². The second kappa shape index (κ2) is 7.13. The van der Waals surface area contributed by atoms with E-state index < -0.39 is 22.8 Å². The van der Waals surface area contributed by atoms with Gasteiger partial charge >= 0.3 is 0 Å². The van der Waals surface area contributed by atoms with Crippen LogP contribution >= 0.6 is 11.8 Å². The molecule has 0 atom stereocenters. The van der Waals surface area contributed by atoms with Crippen molar-refractivity contribution in [3.63, 3.8) is 0 Å². The quantitative estimate of drug-likeness (QED) is 0.793. The van der Waals surface area contributed by atoms with Crippen molar-refractivity contribution in [2.24, 2.45) is 0 Å². The zero-order valence-corrected chi connectivity index (χ0v) is 15.7. The lowest BCUT2D eigenvalue weighted by molar-refractivity contribution is -0.0566. The molecule has 1 aliphatic heterocycles. The fourth-order valence-corrected chi connectivity index (χ4v) is 3.55. The van der Waals surface area contributed by atoms with E-state index in [1.807, 2.05) is 30.5 Å². The number of nitrogens with one attached hydrogen (secondary N) is 1. The number of thioether (sulfide) groups is 1. The first-order chi connectivity index (χ1) is 12.3. The lowest BCUT2D eigenvalue weighted by atomic mass is 10.1. The molecule has 1 amide bonds. The van der Waals surface area contributed by atoms with Crippen LogP contribution in [-0.4, -0.2) is 33.4 Å². The van der Waals surface area contributed by atoms with E-state index in [0.29, 0.717) is 19.0 Å². The predicted molar refractivity (Wildman–Crippen MR) is 98.5 cm³/mol. The molecule has 3 rings (SSSR count). The van der Waals surface area contributed by atoms with Crippen molar-refractivity contribution in [2.45, 2.75) is 37.4 Å². The number of nitrogens with zero attached hydrogens (tertiary/aromatic N) is 2. The number of aromatic hydroxyl groups is 1. The fourth-order valence-electron chi connectivity index (χ4n) is 2.93. The Morgan fingerprint density at radius 2 is 2.15 bits per heavy atom. The summed E-state index contributed by atoms with van der Waals surface area (Å²) in [6, 6.07) is 7.70. The molecule has 0 unspecified atom stereocenters. The monoisotopic (exact) mass is 375 g/mol. The highest BCUT2D eigenvalue weighted by molar-refractivity contribution is 7.98. The smallest absolute Gasteiger partial charge is 0.296 e. The Bertz CT molecular complexity index is 908. The highest BCUT2D eigenvalue weighted by Crippen LogP contribution is 2.27. The molecule has 0 saturated carbocycles. The standard InChI is InChI=1S/C18H21N3O4S/c1-18(2)17-20-13(14(22)16(24)21(17)8-9-25-18)15(23)19-10-11-6-4-5-7-12(11)26-3/h4-7,22H,8-10H2,1-3H3,(H,19,23). The second-order valence-electron chi connectivity index (χ2n) is 6.44. The Balaban J connectivity index is 1.90. The first-order valence-corrected chi connectivity index (χ1v) is 9.46. The third-order valence-electron chi connectivity index (χ3n) is 4.31. The summed E-state index contributed by atoms with van der Waals surface area (Å²) in [5, 5.41) is 12.9. The van der Waals surface area contributed by atoms with E-state index in [1.165, 1.54) is 4.57 Å². The number of hydrogen-bond acceptors (Lipinski definition) is 6. The van der Waals surface area contributed by atoms with Gasteiger partial charge in [0.1, 0.15) is 11.4 Å². The van der Waals surface area contributed by atoms with Crippen LogP contribution in [0.4, 0.5) is 0 Å². The maximum absolute atomic E-state index is 12.6. The minimum atomic E-state index is -0.814. The van der Waals surface area contributed by atoms with Gasteiger partial charge in [-0.2, -0.15) is 0 Å². The lowest BCUT2D eigenvalue weighted by Gasteiger charge is -2.32. The van der Waals surface area contributed by atoms with Gasteiger partial charge in [-0.1, -0.05) is 18.2 Å². The molecule has 0 bridgehead atoms. The molecular weight excluding hydrogens is 354 g/mol. The summed E-state index contributed by atoms with van der Waals surface area (Å²) in [5.74, 6) is -0.899. The van der Waals surface area contributed by atoms with Crippen LogP contribution in [0.5, 0.6) is 5.75 Å². The molecule has 0 radical (unpaired) electrons. The SMILES string of the molecule is CSc1ccccc1CNC(=O)c1nc2n(c(=O)c1O)CCOC2(C)C. The van der Waals surface area contributed by atoms with Crippen LogP contribution in [0.15, 0.2) is 34.0 Å². The van der Waals surface area contributed by atoms with Crippen molar-refractivity contribution < 1.29 is 14.6 Å². The van der Waals surface area contributed by atoms with Gasteiger partial charge in [-0.15, -0.1) is 11.8 Å². The van der Waals surface area contributed by atoms with E-state index in [1.54, 1.807) is 25.6 Å². The Morgan fingerprint density at radius 1 is 1.42 bits per heavy atom. The Labute approximate surface area is 155 Å². The molecule has 0 spiro atoms. The summed E-state index contributed by atoms with van der Waals surface area (Å²) in [4.78, 5) is 30.3. The van der Waals surface area contributed by atoms with Gasteiger partial charge in [0.2, 0.25) is 5.75 Å². The lowest BCUT2D eigenvalue weighted by Crippen LogP contribution is -2.42. The average molecular weight is 375 g/mol. The van der Waals surface area contributed by atoms with Crippen LogP contribution in [0.2, 0.25) is 0 Å². The molecule has 8 heteroatoms. The number of benzene rings is 1. The summed E-state index contributed by atoms with van der Waals surface area (Å²) in [6.45, 7) is 4.46. The molecule has 1 aromatic carbocycles. The van der Waals surface area contributed by atoms with Gasteiger partial charge in [0.25, 0.3) is 11.5 Å². The molecule has 26 heavy (non-hydrogen) atoms. The summed E-state index contributed by atoms with van der Waals surface area (Å²) in [5.41, 5.74) is -0.764. The number of ether oxygens (including phenoxy) is 1. The number of carbonyl (C=O) groups is 1. The first kappa shape index (κ1) is 18.5. The first-order valence-electron chi connectivity index (χ1n) is 8.23. The summed E-state index contributed by atoms with van der Waals surface area (Å²) < 4.78 is 7.00. The number of hydrogen-bond donors (Lipinski definition) is 2. The number of amides is 1. The van der Waals surface area contributed by atoms with Crippen molar-refractivity contribution in [3.05, 3.63) is 51.7 Å². The summed E-state index contributed by atoms with van der Waals surface area (Å²) in [6.07, 6.45) is 1.96. The maximum Gasteiger partial charge on any atom is 0.296 e. The van der Waals surface area contributed by atoms with Crippen LogP contribution in [0.1, 0.15) is 35.7 Å². The van der Waals surface area contributed by atoms with Gasteiger partial charge in [0.15, 0.2) is 5.69 Å². The molecule has 0 aliphatic carbocycles. The summed E-state index contributed by atoms with van der Waals surface area (Å²) in [7, 11) is 0. The van der Waals surface area contributed by atoms with E-state index in [9.17, 15) is 14.7 Å². The second-order valence-corrected chi connectivity index (χ2v) is 7.29. The van der Waals surface area contributed by atoms with Crippen molar-refractivity contribution in [2.75, 3.05) is 12.9 Å². The van der Waals surface area contributed by atoms with Crippen molar-refractivity contribution in [1.29, 1.82) is 0 Å². The molecule has 1 aliphatic rings. The molecule has 1 aromatic heterocycles. The molecule has 2 N–H and O–H groups in total. The van der Waals surface area contributed by atoms with Crippen LogP contribution in [0.3, 0.4) is 0 Å². The Hall–Kier alpha value is -2.32. The zero-order chi connectivity index (χ0) is 18.9. The van der Waals surface area contributed by atoms with Gasteiger partial charge in [0, 0.05) is 11.4 Å². The van der Waals surface area contributed by atoms with Crippen LogP contribution in [0.25, 0.3) is 0 Å². The number of rotatable bonds is 4. The number of carbonyl (C=O) groups excluding carboxylic acids is 1. The topological polar surface area (TPSA) is 93.5 Å². The van der Waals surface area contributed by atoms with Gasteiger partial charge in [-0.25, -0.2) is 4.98 Å². The largest absolute Gasteiger partial charge is 0.501 e. The van der Waals surface area contributed by atoms with Crippen molar-refractivity contribution >= 4 is 17.7 Å². The molecule has 138 valence electrons. The molecule has 2 aromatic rings. The molecule has 2 heterocycles. The average Bonchev–Trinajstić information content (AvgIpc) is 2.62. The Morgan fingerprint density at radius 3 is 2.88 bits per heavy atom. The van der Waals surface area contributed by atoms with E-state index in [2.05, 4.69) is 10.3 Å². The minimum Gasteiger partial charge on any atom is -0.501 e. The normalized spacial score (nSPS) is 15.3. The van der Waals surface area contributed by atoms with E-state index in [-0.39, 0.29) is 12.2 Å². The number of aromatic nitrogens is 2. The molecule has 7 nitrogen and oxygen atoms in total. The van der Waals surface area contributed by atoms with E-state index in [0.717, 1.165) is 10.5 Å². The van der Waals surface area contributed by atoms with Gasteiger partial charge in [-0.05, 0) is 31.7 Å². The number of fused-ring (bicyclic) bond motifs is 1. The third kappa shape index (κ3) is 3.34. The van der Waals surface area contributed by atoms with Gasteiger partial charge < -0.3 is 15.2 Å². The zero-order valence-electron chi connectivity index (χ0n) is 14.9. The Kier molecular flexibility index (Phi) is 5.06. The van der Waals surface area contributed by atoms with Crippen LogP contribution in [-0.2, 0) is 23.4 Å². The fraction of sp³-hybridized carbons (Fsp3) is 0.389. The molecule has 0 fully saturated rings.